The van der Waals surface area contributed by atoms with Crippen molar-refractivity contribution in [3.8, 4) is 11.8 Å². The van der Waals surface area contributed by atoms with E-state index in [0.717, 1.165) is 28.5 Å². The zero-order chi connectivity index (χ0) is 19.1. The van der Waals surface area contributed by atoms with Crippen LogP contribution in [0.5, 0.6) is 5.75 Å². The third-order valence-electron chi connectivity index (χ3n) is 5.63. The summed E-state index contributed by atoms with van der Waals surface area (Å²) < 4.78 is 8.50. The Kier molecular flexibility index (Phi) is 4.66. The first-order valence-electron chi connectivity index (χ1n) is 9.30. The first kappa shape index (κ1) is 18.6. The van der Waals surface area contributed by atoms with Gasteiger partial charge in [0.1, 0.15) is 17.5 Å². The number of hydrogen-bond acceptors (Lipinski definition) is 3. The zero-order valence-corrected chi connectivity index (χ0v) is 17.7. The van der Waals surface area contributed by atoms with Gasteiger partial charge in [-0.25, -0.2) is 0 Å². The molecule has 4 nitrogen and oxygen atoms in total. The summed E-state index contributed by atoms with van der Waals surface area (Å²) in [4.78, 5) is 0. The summed E-state index contributed by atoms with van der Waals surface area (Å²) in [6, 6.07) is 12.9. The Hall–Kier alpha value is -2.19. The van der Waals surface area contributed by atoms with Gasteiger partial charge in [0.15, 0.2) is 0 Å². The summed E-state index contributed by atoms with van der Waals surface area (Å²) in [6.45, 7) is 13.3. The van der Waals surface area contributed by atoms with Gasteiger partial charge >= 0.3 is 0 Å². The van der Waals surface area contributed by atoms with Crippen LogP contribution in [0.3, 0.4) is 0 Å². The number of aromatic nitrogens is 1. The van der Waals surface area contributed by atoms with Gasteiger partial charge in [-0.05, 0) is 68.2 Å². The fourth-order valence-electron chi connectivity index (χ4n) is 2.85. The minimum absolute atomic E-state index is 0.181. The molecule has 0 amide bonds. The fraction of sp³-hybridized carbons (Fsp3) is 0.476. The molecule has 3 rings (SSSR count). The highest BCUT2D eigenvalue weighted by atomic mass is 28.4. The highest BCUT2D eigenvalue weighted by Gasteiger charge is 2.38. The number of rotatable bonds is 5. The van der Waals surface area contributed by atoms with Gasteiger partial charge in [0.2, 0.25) is 8.32 Å². The topological polar surface area (TPSA) is 50.0 Å². The van der Waals surface area contributed by atoms with Crippen molar-refractivity contribution in [3.63, 3.8) is 0 Å². The van der Waals surface area contributed by atoms with Crippen LogP contribution in [0.25, 0.3) is 0 Å². The van der Waals surface area contributed by atoms with Gasteiger partial charge in [0.05, 0.1) is 5.69 Å². The molecule has 1 fully saturated rings. The van der Waals surface area contributed by atoms with Crippen LogP contribution in [-0.2, 0) is 0 Å². The first-order chi connectivity index (χ1) is 12.1. The molecule has 1 aromatic heterocycles. The van der Waals surface area contributed by atoms with Gasteiger partial charge in [-0.3, -0.25) is 0 Å². The SMILES string of the molecule is Cc1c(Nc2ccc(O[Si](C)(C)C(C)(C)C)cc2)cc(C#N)n1C1CC1. The Morgan fingerprint density at radius 3 is 2.31 bits per heavy atom. The summed E-state index contributed by atoms with van der Waals surface area (Å²) in [5.41, 5.74) is 3.88. The van der Waals surface area contributed by atoms with Crippen molar-refractivity contribution in [1.82, 2.24) is 4.57 Å². The number of nitrogens with one attached hydrogen (secondary N) is 1. The van der Waals surface area contributed by atoms with Crippen molar-refractivity contribution in [3.05, 3.63) is 41.7 Å². The van der Waals surface area contributed by atoms with E-state index in [0.29, 0.717) is 6.04 Å². The molecule has 5 heteroatoms. The lowest BCUT2D eigenvalue weighted by Crippen LogP contribution is -2.43. The Balaban J connectivity index is 1.75. The van der Waals surface area contributed by atoms with Gasteiger partial charge in [-0.1, -0.05) is 20.8 Å². The van der Waals surface area contributed by atoms with Gasteiger partial charge in [0.25, 0.3) is 0 Å². The lowest BCUT2D eigenvalue weighted by molar-refractivity contribution is 0.492. The number of hydrogen-bond donors (Lipinski definition) is 1. The Labute approximate surface area is 157 Å². The minimum Gasteiger partial charge on any atom is -0.544 e. The Morgan fingerprint density at radius 1 is 1.19 bits per heavy atom. The van der Waals surface area contributed by atoms with E-state index in [1.54, 1.807) is 0 Å². The van der Waals surface area contributed by atoms with Crippen molar-refractivity contribution >= 4 is 19.7 Å². The van der Waals surface area contributed by atoms with E-state index in [-0.39, 0.29) is 5.04 Å². The quantitative estimate of drug-likeness (QED) is 0.647. The smallest absolute Gasteiger partial charge is 0.250 e. The van der Waals surface area contributed by atoms with Crippen LogP contribution < -0.4 is 9.74 Å². The average Bonchev–Trinajstić information content (AvgIpc) is 3.33. The Morgan fingerprint density at radius 2 is 1.81 bits per heavy atom. The number of nitriles is 1. The van der Waals surface area contributed by atoms with E-state index in [1.807, 2.05) is 30.3 Å². The van der Waals surface area contributed by atoms with Crippen LogP contribution in [0.4, 0.5) is 11.4 Å². The van der Waals surface area contributed by atoms with Crippen molar-refractivity contribution in [1.29, 1.82) is 5.26 Å². The molecular weight excluding hydrogens is 338 g/mol. The molecule has 0 unspecified atom stereocenters. The molecule has 1 aliphatic rings. The maximum atomic E-state index is 9.40. The van der Waals surface area contributed by atoms with Crippen molar-refractivity contribution < 1.29 is 4.43 Å². The average molecular weight is 368 g/mol. The van der Waals surface area contributed by atoms with Gasteiger partial charge in [-0.2, -0.15) is 5.26 Å². The molecule has 1 heterocycles. The van der Waals surface area contributed by atoms with Crippen LogP contribution in [0.1, 0.15) is 51.0 Å². The third-order valence-corrected chi connectivity index (χ3v) is 9.99. The molecule has 26 heavy (non-hydrogen) atoms. The Bertz CT molecular complexity index is 834. The molecule has 1 aliphatic carbocycles. The molecule has 0 radical (unpaired) electrons. The van der Waals surface area contributed by atoms with Gasteiger partial charge in [0, 0.05) is 17.4 Å². The third kappa shape index (κ3) is 3.66. The molecular formula is C21H29N3OSi. The van der Waals surface area contributed by atoms with Crippen LogP contribution in [0.15, 0.2) is 30.3 Å². The van der Waals surface area contributed by atoms with E-state index < -0.39 is 8.32 Å². The zero-order valence-electron chi connectivity index (χ0n) is 16.7. The summed E-state index contributed by atoms with van der Waals surface area (Å²) in [7, 11) is -1.82. The monoisotopic (exact) mass is 367 g/mol. The van der Waals surface area contributed by atoms with Gasteiger partial charge < -0.3 is 14.3 Å². The van der Waals surface area contributed by atoms with Crippen molar-refractivity contribution in [2.75, 3.05) is 5.32 Å². The summed E-state index contributed by atoms with van der Waals surface area (Å²) in [5, 5.41) is 13.0. The van der Waals surface area contributed by atoms with E-state index in [9.17, 15) is 5.26 Å². The predicted molar refractivity (Wildman–Crippen MR) is 110 cm³/mol. The van der Waals surface area contributed by atoms with Crippen LogP contribution in [0, 0.1) is 18.3 Å². The second-order valence-electron chi connectivity index (χ2n) is 8.75. The van der Waals surface area contributed by atoms with E-state index in [1.165, 1.54) is 12.8 Å². The largest absolute Gasteiger partial charge is 0.544 e. The highest BCUT2D eigenvalue weighted by Crippen LogP contribution is 2.40. The van der Waals surface area contributed by atoms with E-state index in [2.05, 4.69) is 56.7 Å². The van der Waals surface area contributed by atoms with Crippen molar-refractivity contribution in [2.45, 2.75) is 64.7 Å². The van der Waals surface area contributed by atoms with Crippen LogP contribution >= 0.6 is 0 Å². The summed E-state index contributed by atoms with van der Waals surface area (Å²) in [5.74, 6) is 0.923. The molecule has 0 spiro atoms. The first-order valence-corrected chi connectivity index (χ1v) is 12.2. The number of benzene rings is 1. The normalized spacial score (nSPS) is 14.8. The second-order valence-corrected chi connectivity index (χ2v) is 13.5. The molecule has 138 valence electrons. The van der Waals surface area contributed by atoms with Crippen molar-refractivity contribution in [2.24, 2.45) is 0 Å². The molecule has 1 aromatic carbocycles. The van der Waals surface area contributed by atoms with Crippen LogP contribution in [0.2, 0.25) is 18.1 Å². The van der Waals surface area contributed by atoms with E-state index in [4.69, 9.17) is 4.43 Å². The molecule has 1 N–H and O–H groups in total. The number of nitrogens with zero attached hydrogens (tertiary/aromatic N) is 2. The van der Waals surface area contributed by atoms with E-state index >= 15 is 0 Å². The fourth-order valence-corrected chi connectivity index (χ4v) is 3.88. The summed E-state index contributed by atoms with van der Waals surface area (Å²) >= 11 is 0. The molecule has 0 saturated heterocycles. The number of anilines is 2. The highest BCUT2D eigenvalue weighted by molar-refractivity contribution is 6.74. The standard InChI is InChI=1S/C21H29N3OSi/c1-15-20(13-18(14-22)24(15)17-9-10-17)23-16-7-11-19(12-8-16)25-26(5,6)21(2,3)4/h7-8,11-13,17,23H,9-10H2,1-6H3. The molecule has 0 bridgehead atoms. The van der Waals surface area contributed by atoms with Crippen LogP contribution in [-0.4, -0.2) is 12.9 Å². The lowest BCUT2D eigenvalue weighted by atomic mass is 10.2. The lowest BCUT2D eigenvalue weighted by Gasteiger charge is -2.36. The maximum absolute atomic E-state index is 9.40. The minimum atomic E-state index is -1.82. The molecule has 1 saturated carbocycles. The summed E-state index contributed by atoms with van der Waals surface area (Å²) in [6.07, 6.45) is 2.34. The predicted octanol–water partition coefficient (Wildman–Crippen LogP) is 6.13. The maximum Gasteiger partial charge on any atom is 0.250 e. The molecule has 0 atom stereocenters. The van der Waals surface area contributed by atoms with Gasteiger partial charge in [-0.15, -0.1) is 0 Å². The molecule has 2 aromatic rings. The molecule has 0 aliphatic heterocycles. The second kappa shape index (κ2) is 6.51.